The van der Waals surface area contributed by atoms with E-state index < -0.39 is 0 Å². The van der Waals surface area contributed by atoms with Crippen molar-refractivity contribution in [2.75, 3.05) is 13.6 Å². The molecule has 3 N–H and O–H groups in total. The topological polar surface area (TPSA) is 63.0 Å². The smallest absolute Gasteiger partial charge is 0.101 e. The SMILES string of the molecule is CCC(=N)N(C=N)CCC(C)(C)NC. The molecule has 0 aliphatic rings. The first-order valence-corrected chi connectivity index (χ1v) is 5.00. The fourth-order valence-corrected chi connectivity index (χ4v) is 1.01. The van der Waals surface area contributed by atoms with Crippen molar-refractivity contribution >= 4 is 12.2 Å². The molecular formula is C10H22N4. The number of hydrogen-bond acceptors (Lipinski definition) is 3. The summed E-state index contributed by atoms with van der Waals surface area (Å²) < 4.78 is 0. The van der Waals surface area contributed by atoms with Crippen LogP contribution >= 0.6 is 0 Å². The van der Waals surface area contributed by atoms with E-state index in [1.165, 1.54) is 6.34 Å². The predicted molar refractivity (Wildman–Crippen MR) is 61.3 cm³/mol. The normalized spacial score (nSPS) is 11.1. The van der Waals surface area contributed by atoms with Gasteiger partial charge in [-0.15, -0.1) is 0 Å². The zero-order valence-electron chi connectivity index (χ0n) is 9.65. The van der Waals surface area contributed by atoms with Crippen LogP contribution < -0.4 is 5.32 Å². The Morgan fingerprint density at radius 1 is 1.50 bits per heavy atom. The third-order valence-electron chi connectivity index (χ3n) is 2.49. The minimum Gasteiger partial charge on any atom is -0.322 e. The van der Waals surface area contributed by atoms with E-state index in [9.17, 15) is 0 Å². The van der Waals surface area contributed by atoms with Gasteiger partial charge in [0.15, 0.2) is 0 Å². The second-order valence-electron chi connectivity index (χ2n) is 4.01. The van der Waals surface area contributed by atoms with Crippen molar-refractivity contribution in [1.82, 2.24) is 10.2 Å². The standard InChI is InChI=1S/C10H22N4/c1-5-9(12)14(8-11)7-6-10(2,3)13-4/h8,11-13H,5-7H2,1-4H3. The molecule has 0 unspecified atom stereocenters. The molecule has 0 saturated heterocycles. The average molecular weight is 198 g/mol. The van der Waals surface area contributed by atoms with E-state index >= 15 is 0 Å². The van der Waals surface area contributed by atoms with E-state index in [0.29, 0.717) is 12.3 Å². The molecule has 0 saturated carbocycles. The van der Waals surface area contributed by atoms with Gasteiger partial charge in [0.2, 0.25) is 0 Å². The summed E-state index contributed by atoms with van der Waals surface area (Å²) in [6.45, 7) is 6.89. The Kier molecular flexibility index (Phi) is 5.38. The van der Waals surface area contributed by atoms with Crippen molar-refractivity contribution < 1.29 is 0 Å². The Bertz CT molecular complexity index is 198. The van der Waals surface area contributed by atoms with Crippen molar-refractivity contribution in [2.45, 2.75) is 39.2 Å². The van der Waals surface area contributed by atoms with Crippen LogP contribution in [0.1, 0.15) is 33.6 Å². The van der Waals surface area contributed by atoms with Gasteiger partial charge in [0, 0.05) is 18.5 Å². The Labute approximate surface area is 86.7 Å². The highest BCUT2D eigenvalue weighted by atomic mass is 15.2. The molecule has 0 atom stereocenters. The van der Waals surface area contributed by atoms with Crippen molar-refractivity contribution in [1.29, 1.82) is 10.8 Å². The summed E-state index contributed by atoms with van der Waals surface area (Å²) in [7, 11) is 1.93. The Balaban J connectivity index is 4.08. The molecule has 0 spiro atoms. The highest BCUT2D eigenvalue weighted by molar-refractivity contribution is 5.88. The molecule has 0 radical (unpaired) electrons. The van der Waals surface area contributed by atoms with Crippen LogP contribution in [0.25, 0.3) is 0 Å². The zero-order chi connectivity index (χ0) is 11.2. The van der Waals surface area contributed by atoms with E-state index in [4.69, 9.17) is 10.8 Å². The highest BCUT2D eigenvalue weighted by Gasteiger charge is 2.16. The van der Waals surface area contributed by atoms with Gasteiger partial charge in [-0.3, -0.25) is 10.8 Å². The summed E-state index contributed by atoms with van der Waals surface area (Å²) in [5.41, 5.74) is 0.0648. The van der Waals surface area contributed by atoms with Crippen LogP contribution in [-0.4, -0.2) is 36.2 Å². The van der Waals surface area contributed by atoms with Crippen LogP contribution in [0.4, 0.5) is 0 Å². The summed E-state index contributed by atoms with van der Waals surface area (Å²) in [6.07, 6.45) is 2.83. The summed E-state index contributed by atoms with van der Waals surface area (Å²) in [4.78, 5) is 1.68. The van der Waals surface area contributed by atoms with Crippen LogP contribution in [0, 0.1) is 10.8 Å². The minimum absolute atomic E-state index is 0.0648. The number of amidine groups is 1. The second kappa shape index (κ2) is 5.75. The lowest BCUT2D eigenvalue weighted by Gasteiger charge is -2.27. The van der Waals surface area contributed by atoms with Crippen molar-refractivity contribution in [3.05, 3.63) is 0 Å². The average Bonchev–Trinajstić information content (AvgIpc) is 2.18. The zero-order valence-corrected chi connectivity index (χ0v) is 9.65. The molecule has 0 aliphatic heterocycles. The molecule has 4 nitrogen and oxygen atoms in total. The summed E-state index contributed by atoms with van der Waals surface area (Å²) >= 11 is 0. The molecule has 0 heterocycles. The van der Waals surface area contributed by atoms with E-state index in [-0.39, 0.29) is 5.54 Å². The number of nitrogens with one attached hydrogen (secondary N) is 3. The molecule has 0 aliphatic carbocycles. The van der Waals surface area contributed by atoms with Gasteiger partial charge in [0.1, 0.15) is 5.84 Å². The van der Waals surface area contributed by atoms with Crippen LogP contribution in [0.5, 0.6) is 0 Å². The molecule has 4 heteroatoms. The van der Waals surface area contributed by atoms with Gasteiger partial charge >= 0.3 is 0 Å². The van der Waals surface area contributed by atoms with Crippen molar-refractivity contribution in [3.63, 3.8) is 0 Å². The van der Waals surface area contributed by atoms with Gasteiger partial charge in [0.25, 0.3) is 0 Å². The summed E-state index contributed by atoms with van der Waals surface area (Å²) in [5, 5.41) is 18.0. The first-order valence-electron chi connectivity index (χ1n) is 5.00. The fraction of sp³-hybridized carbons (Fsp3) is 0.800. The van der Waals surface area contributed by atoms with Gasteiger partial charge in [-0.2, -0.15) is 0 Å². The summed E-state index contributed by atoms with van der Waals surface area (Å²) in [6, 6.07) is 0. The second-order valence-corrected chi connectivity index (χ2v) is 4.01. The number of hydrogen-bond donors (Lipinski definition) is 3. The molecule has 0 aromatic rings. The van der Waals surface area contributed by atoms with E-state index in [1.807, 2.05) is 14.0 Å². The van der Waals surface area contributed by atoms with Crippen LogP contribution in [-0.2, 0) is 0 Å². The Morgan fingerprint density at radius 2 is 2.07 bits per heavy atom. The van der Waals surface area contributed by atoms with Gasteiger partial charge in [-0.05, 0) is 27.3 Å². The van der Waals surface area contributed by atoms with Crippen molar-refractivity contribution in [2.24, 2.45) is 0 Å². The van der Waals surface area contributed by atoms with Crippen LogP contribution in [0.2, 0.25) is 0 Å². The predicted octanol–water partition coefficient (Wildman–Crippen LogP) is 1.67. The maximum atomic E-state index is 7.61. The molecule has 14 heavy (non-hydrogen) atoms. The largest absolute Gasteiger partial charge is 0.322 e. The van der Waals surface area contributed by atoms with Crippen molar-refractivity contribution in [3.8, 4) is 0 Å². The highest BCUT2D eigenvalue weighted by Crippen LogP contribution is 2.08. The number of nitrogens with zero attached hydrogens (tertiary/aromatic N) is 1. The molecule has 0 fully saturated rings. The van der Waals surface area contributed by atoms with Gasteiger partial charge in [-0.1, -0.05) is 6.92 Å². The lowest BCUT2D eigenvalue weighted by atomic mass is 10.0. The van der Waals surface area contributed by atoms with E-state index in [2.05, 4.69) is 19.2 Å². The third-order valence-corrected chi connectivity index (χ3v) is 2.49. The molecule has 0 aromatic carbocycles. The molecule has 0 amide bonds. The maximum absolute atomic E-state index is 7.61. The third kappa shape index (κ3) is 4.37. The fourth-order valence-electron chi connectivity index (χ4n) is 1.01. The molecule has 0 bridgehead atoms. The lowest BCUT2D eigenvalue weighted by molar-refractivity contribution is 0.365. The van der Waals surface area contributed by atoms with E-state index in [0.717, 1.165) is 13.0 Å². The molecule has 0 rings (SSSR count). The number of rotatable bonds is 6. The molecule has 82 valence electrons. The molecular weight excluding hydrogens is 176 g/mol. The van der Waals surface area contributed by atoms with Gasteiger partial charge in [-0.25, -0.2) is 0 Å². The quantitative estimate of drug-likeness (QED) is 0.449. The first kappa shape index (κ1) is 13.1. The lowest BCUT2D eigenvalue weighted by Crippen LogP contribution is -2.41. The van der Waals surface area contributed by atoms with Gasteiger partial charge < -0.3 is 10.2 Å². The van der Waals surface area contributed by atoms with Crippen LogP contribution in [0.3, 0.4) is 0 Å². The Hall–Kier alpha value is -0.900. The van der Waals surface area contributed by atoms with E-state index in [1.54, 1.807) is 4.90 Å². The summed E-state index contributed by atoms with van der Waals surface area (Å²) in [5.74, 6) is 0.506. The monoisotopic (exact) mass is 198 g/mol. The molecule has 0 aromatic heterocycles. The first-order chi connectivity index (χ1) is 6.46. The minimum atomic E-state index is 0.0648. The maximum Gasteiger partial charge on any atom is 0.101 e. The Morgan fingerprint density at radius 3 is 2.43 bits per heavy atom. The van der Waals surface area contributed by atoms with Crippen LogP contribution in [0.15, 0.2) is 0 Å². The van der Waals surface area contributed by atoms with Gasteiger partial charge in [0.05, 0.1) is 6.34 Å².